The molecule has 1 heterocycles. The van der Waals surface area contributed by atoms with Gasteiger partial charge in [-0.15, -0.1) is 0 Å². The summed E-state index contributed by atoms with van der Waals surface area (Å²) in [5.41, 5.74) is 2.15. The number of hydrogen-bond donors (Lipinski definition) is 2. The molecule has 26 heavy (non-hydrogen) atoms. The third-order valence-corrected chi connectivity index (χ3v) is 3.81. The molecule has 2 aromatic rings. The molecule has 0 aliphatic carbocycles. The van der Waals surface area contributed by atoms with E-state index in [1.165, 1.54) is 0 Å². The number of guanidine groups is 1. The van der Waals surface area contributed by atoms with Crippen molar-refractivity contribution in [2.45, 2.75) is 33.4 Å². The third-order valence-electron chi connectivity index (χ3n) is 3.81. The minimum atomic E-state index is 0.547. The highest BCUT2D eigenvalue weighted by Crippen LogP contribution is 2.28. The van der Waals surface area contributed by atoms with Crippen LogP contribution in [0.5, 0.6) is 11.5 Å². The van der Waals surface area contributed by atoms with Crippen LogP contribution in [0.15, 0.2) is 35.5 Å². The first kappa shape index (κ1) is 19.6. The Hall–Kier alpha value is -2.70. The summed E-state index contributed by atoms with van der Waals surface area (Å²) in [4.78, 5) is 4.65. The average molecular weight is 359 g/mol. The first-order valence-corrected chi connectivity index (χ1v) is 8.96. The van der Waals surface area contributed by atoms with Crippen LogP contribution in [0.4, 0.5) is 0 Å². The maximum absolute atomic E-state index is 5.69. The molecular formula is C19H29N5O2. The molecule has 0 spiro atoms. The van der Waals surface area contributed by atoms with Gasteiger partial charge in [0.1, 0.15) is 0 Å². The van der Waals surface area contributed by atoms with Gasteiger partial charge in [-0.2, -0.15) is 5.10 Å². The lowest BCUT2D eigenvalue weighted by Crippen LogP contribution is -2.37. The van der Waals surface area contributed by atoms with Gasteiger partial charge in [0.05, 0.1) is 32.5 Å². The molecule has 142 valence electrons. The van der Waals surface area contributed by atoms with Crippen molar-refractivity contribution in [3.05, 3.63) is 41.7 Å². The summed E-state index contributed by atoms with van der Waals surface area (Å²) in [6.07, 6.45) is 2.75. The van der Waals surface area contributed by atoms with E-state index in [1.807, 2.05) is 42.9 Å². The number of nitrogens with one attached hydrogen (secondary N) is 2. The van der Waals surface area contributed by atoms with Crippen molar-refractivity contribution in [2.24, 2.45) is 12.0 Å². The Balaban J connectivity index is 2.02. The summed E-state index contributed by atoms with van der Waals surface area (Å²) in [5.74, 6) is 2.27. The minimum Gasteiger partial charge on any atom is -0.493 e. The third kappa shape index (κ3) is 5.68. The fraction of sp³-hybridized carbons (Fsp3) is 0.474. The molecular weight excluding hydrogens is 330 g/mol. The Morgan fingerprint density at radius 1 is 1.19 bits per heavy atom. The van der Waals surface area contributed by atoms with Crippen LogP contribution in [0.25, 0.3) is 0 Å². The maximum Gasteiger partial charge on any atom is 0.191 e. The number of benzene rings is 1. The SMILES string of the molecule is CCCOc1ccc(CN=C(NCC)NCc2ccnn2C)cc1OC. The normalized spacial score (nSPS) is 11.3. The van der Waals surface area contributed by atoms with Crippen LogP contribution in [0, 0.1) is 0 Å². The molecule has 0 saturated carbocycles. The highest BCUT2D eigenvalue weighted by atomic mass is 16.5. The van der Waals surface area contributed by atoms with Gasteiger partial charge in [-0.1, -0.05) is 13.0 Å². The minimum absolute atomic E-state index is 0.547. The van der Waals surface area contributed by atoms with Crippen LogP contribution in [-0.2, 0) is 20.1 Å². The molecule has 0 fully saturated rings. The molecule has 0 saturated heterocycles. The van der Waals surface area contributed by atoms with Crippen LogP contribution in [0.1, 0.15) is 31.5 Å². The van der Waals surface area contributed by atoms with Crippen LogP contribution < -0.4 is 20.1 Å². The first-order chi connectivity index (χ1) is 12.7. The molecule has 2 N–H and O–H groups in total. The van der Waals surface area contributed by atoms with Crippen molar-refractivity contribution < 1.29 is 9.47 Å². The van der Waals surface area contributed by atoms with Crippen molar-refractivity contribution in [3.63, 3.8) is 0 Å². The number of aryl methyl sites for hydroxylation is 1. The highest BCUT2D eigenvalue weighted by Gasteiger charge is 2.06. The van der Waals surface area contributed by atoms with E-state index >= 15 is 0 Å². The van der Waals surface area contributed by atoms with Crippen molar-refractivity contribution >= 4 is 5.96 Å². The zero-order valence-corrected chi connectivity index (χ0v) is 16.1. The predicted molar refractivity (Wildman–Crippen MR) is 104 cm³/mol. The standard InChI is InChI=1S/C19H29N5O2/c1-5-11-26-17-8-7-15(12-18(17)25-4)13-21-19(20-6-2)22-14-16-9-10-23-24(16)3/h7-10,12H,5-6,11,13-14H2,1-4H3,(H2,20,21,22). The maximum atomic E-state index is 5.69. The lowest BCUT2D eigenvalue weighted by Gasteiger charge is -2.13. The number of methoxy groups -OCH3 is 1. The first-order valence-electron chi connectivity index (χ1n) is 8.96. The van der Waals surface area contributed by atoms with E-state index < -0.39 is 0 Å². The number of ether oxygens (including phenoxy) is 2. The summed E-state index contributed by atoms with van der Waals surface area (Å²) >= 11 is 0. The smallest absolute Gasteiger partial charge is 0.191 e. The second-order valence-electron chi connectivity index (χ2n) is 5.83. The highest BCUT2D eigenvalue weighted by molar-refractivity contribution is 5.79. The summed E-state index contributed by atoms with van der Waals surface area (Å²) < 4.78 is 13.0. The van der Waals surface area contributed by atoms with E-state index in [0.717, 1.165) is 41.7 Å². The average Bonchev–Trinajstić information content (AvgIpc) is 3.07. The van der Waals surface area contributed by atoms with Gasteiger partial charge in [-0.25, -0.2) is 4.99 Å². The van der Waals surface area contributed by atoms with Gasteiger partial charge in [0, 0.05) is 19.8 Å². The van der Waals surface area contributed by atoms with Crippen molar-refractivity contribution in [2.75, 3.05) is 20.3 Å². The van der Waals surface area contributed by atoms with Crippen molar-refractivity contribution in [1.82, 2.24) is 20.4 Å². The van der Waals surface area contributed by atoms with Gasteiger partial charge in [0.2, 0.25) is 0 Å². The fourth-order valence-electron chi connectivity index (χ4n) is 2.40. The van der Waals surface area contributed by atoms with E-state index in [4.69, 9.17) is 9.47 Å². The Morgan fingerprint density at radius 2 is 2.04 bits per heavy atom. The Labute approximate surface area is 155 Å². The molecule has 1 aromatic carbocycles. The fourth-order valence-corrected chi connectivity index (χ4v) is 2.40. The summed E-state index contributed by atoms with van der Waals surface area (Å²) in [7, 11) is 3.58. The molecule has 7 heteroatoms. The Morgan fingerprint density at radius 3 is 2.69 bits per heavy atom. The second-order valence-corrected chi connectivity index (χ2v) is 5.83. The van der Waals surface area contributed by atoms with Crippen molar-refractivity contribution in [3.8, 4) is 11.5 Å². The van der Waals surface area contributed by atoms with Gasteiger partial charge in [0.25, 0.3) is 0 Å². The van der Waals surface area contributed by atoms with Crippen LogP contribution in [0.2, 0.25) is 0 Å². The van der Waals surface area contributed by atoms with Gasteiger partial charge in [0.15, 0.2) is 17.5 Å². The number of hydrogen-bond acceptors (Lipinski definition) is 4. The van der Waals surface area contributed by atoms with Gasteiger partial charge < -0.3 is 20.1 Å². The predicted octanol–water partition coefficient (Wildman–Crippen LogP) is 2.47. The summed E-state index contributed by atoms with van der Waals surface area (Å²) in [6.45, 7) is 6.81. The number of aromatic nitrogens is 2. The van der Waals surface area contributed by atoms with E-state index in [1.54, 1.807) is 13.3 Å². The lowest BCUT2D eigenvalue weighted by molar-refractivity contribution is 0.294. The molecule has 0 unspecified atom stereocenters. The molecule has 0 bridgehead atoms. The number of aliphatic imine (C=N–C) groups is 1. The van der Waals surface area contributed by atoms with E-state index in [0.29, 0.717) is 19.7 Å². The molecule has 2 rings (SSSR count). The van der Waals surface area contributed by atoms with Crippen molar-refractivity contribution in [1.29, 1.82) is 0 Å². The Bertz CT molecular complexity index is 712. The summed E-state index contributed by atoms with van der Waals surface area (Å²) in [6, 6.07) is 7.91. The van der Waals surface area contributed by atoms with Gasteiger partial charge in [-0.05, 0) is 37.1 Å². The second kappa shape index (κ2) is 10.3. The molecule has 0 amide bonds. The number of nitrogens with zero attached hydrogens (tertiary/aromatic N) is 3. The van der Waals surface area contributed by atoms with Crippen LogP contribution in [0.3, 0.4) is 0 Å². The number of rotatable bonds is 9. The molecule has 1 aromatic heterocycles. The monoisotopic (exact) mass is 359 g/mol. The lowest BCUT2D eigenvalue weighted by atomic mass is 10.2. The van der Waals surface area contributed by atoms with Gasteiger partial charge in [-0.3, -0.25) is 4.68 Å². The quantitative estimate of drug-likeness (QED) is 0.532. The molecule has 0 atom stereocenters. The van der Waals surface area contributed by atoms with E-state index in [2.05, 4.69) is 27.6 Å². The largest absolute Gasteiger partial charge is 0.493 e. The van der Waals surface area contributed by atoms with Crippen LogP contribution in [-0.4, -0.2) is 36.0 Å². The Kier molecular flexibility index (Phi) is 7.79. The topological polar surface area (TPSA) is 72.7 Å². The molecule has 7 nitrogen and oxygen atoms in total. The zero-order valence-electron chi connectivity index (χ0n) is 16.1. The molecule has 0 aliphatic rings. The molecule has 0 aliphatic heterocycles. The van der Waals surface area contributed by atoms with Gasteiger partial charge >= 0.3 is 0 Å². The van der Waals surface area contributed by atoms with E-state index in [-0.39, 0.29) is 0 Å². The summed E-state index contributed by atoms with van der Waals surface area (Å²) in [5, 5.41) is 10.8. The van der Waals surface area contributed by atoms with E-state index in [9.17, 15) is 0 Å². The molecule has 0 radical (unpaired) electrons. The van der Waals surface area contributed by atoms with Crippen LogP contribution >= 0.6 is 0 Å². The zero-order chi connectivity index (χ0) is 18.8.